The number of hydrogen-bond acceptors (Lipinski definition) is 4. The van der Waals surface area contributed by atoms with E-state index in [0.717, 1.165) is 47.9 Å². The molecule has 2 aromatic heterocycles. The molecule has 2 aliphatic carbocycles. The molecule has 3 heterocycles. The molecular formula is C20H27N3OS. The fourth-order valence-electron chi connectivity index (χ4n) is 5.40. The van der Waals surface area contributed by atoms with Crippen LogP contribution in [0.5, 0.6) is 0 Å². The summed E-state index contributed by atoms with van der Waals surface area (Å²) in [5.74, 6) is 1.74. The summed E-state index contributed by atoms with van der Waals surface area (Å²) in [5, 5.41) is 0.887. The number of aryl methyl sites for hydroxylation is 2. The van der Waals surface area contributed by atoms with Crippen molar-refractivity contribution in [2.24, 2.45) is 5.92 Å². The highest BCUT2D eigenvalue weighted by Crippen LogP contribution is 2.36. The number of nitrogens with zero attached hydrogens (tertiary/aromatic N) is 2. The van der Waals surface area contributed by atoms with E-state index in [2.05, 4.69) is 9.88 Å². The van der Waals surface area contributed by atoms with E-state index in [1.54, 1.807) is 11.3 Å². The van der Waals surface area contributed by atoms with Gasteiger partial charge in [-0.15, -0.1) is 11.3 Å². The molecule has 4 nitrogen and oxygen atoms in total. The molecule has 1 aliphatic heterocycles. The Morgan fingerprint density at radius 3 is 2.88 bits per heavy atom. The molecule has 2 aromatic rings. The number of thiophene rings is 1. The lowest BCUT2D eigenvalue weighted by Gasteiger charge is -2.43. The normalized spacial score (nSPS) is 27.2. The number of likely N-dealkylation sites (tertiary alicyclic amines) is 1. The standard InChI is InChI=1S/C20H27N3OS/c24-19-18-14-8-2-4-10-16(14)25-20(18)22-17(21-19)12-23-11-5-7-13-6-1-3-9-15(13)23/h13,15H,1-12H2,(H,21,22,24)/t13-,15+/m1/s1. The van der Waals surface area contributed by atoms with Gasteiger partial charge in [-0.3, -0.25) is 9.69 Å². The molecule has 5 rings (SSSR count). The summed E-state index contributed by atoms with van der Waals surface area (Å²) in [4.78, 5) is 25.8. The second-order valence-corrected chi connectivity index (χ2v) is 9.21. The van der Waals surface area contributed by atoms with Crippen LogP contribution in [-0.4, -0.2) is 27.5 Å². The van der Waals surface area contributed by atoms with Crippen molar-refractivity contribution in [2.75, 3.05) is 6.54 Å². The Morgan fingerprint density at radius 1 is 1.08 bits per heavy atom. The van der Waals surface area contributed by atoms with E-state index >= 15 is 0 Å². The van der Waals surface area contributed by atoms with Crippen molar-refractivity contribution in [2.45, 2.75) is 76.8 Å². The molecule has 0 aromatic carbocycles. The summed E-state index contributed by atoms with van der Waals surface area (Å²) in [7, 11) is 0. The summed E-state index contributed by atoms with van der Waals surface area (Å²) < 4.78 is 0. The molecule has 1 N–H and O–H groups in total. The van der Waals surface area contributed by atoms with E-state index in [0.29, 0.717) is 6.04 Å². The van der Waals surface area contributed by atoms with Crippen molar-refractivity contribution in [1.29, 1.82) is 0 Å². The minimum atomic E-state index is 0.0941. The Labute approximate surface area is 152 Å². The van der Waals surface area contributed by atoms with Crippen LogP contribution in [0.1, 0.15) is 67.6 Å². The second-order valence-electron chi connectivity index (χ2n) is 8.13. The molecule has 3 aliphatic rings. The Hall–Kier alpha value is -1.20. The van der Waals surface area contributed by atoms with E-state index in [9.17, 15) is 4.79 Å². The number of aromatic amines is 1. The SMILES string of the molecule is O=c1[nH]c(CN2CCC[C@H]3CCCC[C@@H]32)nc2sc3c(c12)CCCC3. The first-order valence-electron chi connectivity index (χ1n) is 10.1. The lowest BCUT2D eigenvalue weighted by molar-refractivity contribution is 0.0527. The van der Waals surface area contributed by atoms with E-state index in [1.807, 2.05) is 0 Å². The van der Waals surface area contributed by atoms with Gasteiger partial charge in [0.2, 0.25) is 0 Å². The third kappa shape index (κ3) is 2.85. The lowest BCUT2D eigenvalue weighted by atomic mass is 9.78. The van der Waals surface area contributed by atoms with Gasteiger partial charge in [0, 0.05) is 10.9 Å². The number of aromatic nitrogens is 2. The molecule has 0 bridgehead atoms. The fraction of sp³-hybridized carbons (Fsp3) is 0.700. The summed E-state index contributed by atoms with van der Waals surface area (Å²) in [5.41, 5.74) is 1.38. The Morgan fingerprint density at radius 2 is 1.92 bits per heavy atom. The largest absolute Gasteiger partial charge is 0.309 e. The molecule has 134 valence electrons. The average molecular weight is 358 g/mol. The predicted molar refractivity (Wildman–Crippen MR) is 102 cm³/mol. The number of hydrogen-bond donors (Lipinski definition) is 1. The highest BCUT2D eigenvalue weighted by atomic mass is 32.1. The molecule has 5 heteroatoms. The molecule has 0 spiro atoms. The highest BCUT2D eigenvalue weighted by Gasteiger charge is 2.33. The maximum Gasteiger partial charge on any atom is 0.259 e. The van der Waals surface area contributed by atoms with Crippen molar-refractivity contribution in [3.63, 3.8) is 0 Å². The smallest absolute Gasteiger partial charge is 0.259 e. The van der Waals surface area contributed by atoms with Crippen molar-refractivity contribution < 1.29 is 0 Å². The first kappa shape index (κ1) is 16.0. The molecule has 25 heavy (non-hydrogen) atoms. The zero-order chi connectivity index (χ0) is 16.8. The predicted octanol–water partition coefficient (Wildman–Crippen LogP) is 4.02. The van der Waals surface area contributed by atoms with Crippen LogP contribution in [0, 0.1) is 5.92 Å². The van der Waals surface area contributed by atoms with Gasteiger partial charge >= 0.3 is 0 Å². The number of nitrogens with one attached hydrogen (secondary N) is 1. The van der Waals surface area contributed by atoms with Crippen LogP contribution in [0.3, 0.4) is 0 Å². The first-order chi connectivity index (χ1) is 12.3. The monoisotopic (exact) mass is 357 g/mol. The van der Waals surface area contributed by atoms with Gasteiger partial charge in [0.05, 0.1) is 11.9 Å². The van der Waals surface area contributed by atoms with Crippen LogP contribution in [0.25, 0.3) is 10.2 Å². The number of rotatable bonds is 2. The molecule has 0 amide bonds. The third-order valence-electron chi connectivity index (χ3n) is 6.59. The van der Waals surface area contributed by atoms with Crippen molar-refractivity contribution >= 4 is 21.6 Å². The van der Waals surface area contributed by atoms with E-state index in [-0.39, 0.29) is 5.56 Å². The van der Waals surface area contributed by atoms with Crippen molar-refractivity contribution in [3.05, 3.63) is 26.6 Å². The van der Waals surface area contributed by atoms with Crippen LogP contribution in [0.4, 0.5) is 0 Å². The Balaban J connectivity index is 1.46. The zero-order valence-electron chi connectivity index (χ0n) is 14.9. The number of piperidine rings is 1. The fourth-order valence-corrected chi connectivity index (χ4v) is 6.68. The summed E-state index contributed by atoms with van der Waals surface area (Å²) in [6.07, 6.45) is 12.8. The maximum absolute atomic E-state index is 12.7. The molecular weight excluding hydrogens is 330 g/mol. The van der Waals surface area contributed by atoms with Crippen molar-refractivity contribution in [1.82, 2.24) is 14.9 Å². The molecule has 1 saturated heterocycles. The van der Waals surface area contributed by atoms with Gasteiger partial charge in [-0.2, -0.15) is 0 Å². The van der Waals surface area contributed by atoms with Gasteiger partial charge in [0.15, 0.2) is 0 Å². The van der Waals surface area contributed by atoms with Crippen LogP contribution in [0.15, 0.2) is 4.79 Å². The topological polar surface area (TPSA) is 49.0 Å². The van der Waals surface area contributed by atoms with Gasteiger partial charge in [-0.05, 0) is 69.4 Å². The number of fused-ring (bicyclic) bond motifs is 4. The van der Waals surface area contributed by atoms with E-state index in [4.69, 9.17) is 4.98 Å². The lowest BCUT2D eigenvalue weighted by Crippen LogP contribution is -2.46. The van der Waals surface area contributed by atoms with Gasteiger partial charge in [0.25, 0.3) is 5.56 Å². The molecule has 1 saturated carbocycles. The first-order valence-corrected chi connectivity index (χ1v) is 10.9. The molecule has 0 unspecified atom stereocenters. The average Bonchev–Trinajstić information content (AvgIpc) is 3.01. The van der Waals surface area contributed by atoms with Gasteiger partial charge < -0.3 is 4.98 Å². The van der Waals surface area contributed by atoms with Crippen LogP contribution in [-0.2, 0) is 19.4 Å². The van der Waals surface area contributed by atoms with Crippen LogP contribution >= 0.6 is 11.3 Å². The summed E-state index contributed by atoms with van der Waals surface area (Å²) in [6.45, 7) is 1.97. The van der Waals surface area contributed by atoms with Gasteiger partial charge in [-0.25, -0.2) is 4.98 Å². The van der Waals surface area contributed by atoms with Crippen molar-refractivity contribution in [3.8, 4) is 0 Å². The quantitative estimate of drug-likeness (QED) is 0.883. The summed E-state index contributed by atoms with van der Waals surface area (Å²) >= 11 is 1.76. The van der Waals surface area contributed by atoms with E-state index < -0.39 is 0 Å². The van der Waals surface area contributed by atoms with Crippen LogP contribution in [0.2, 0.25) is 0 Å². The van der Waals surface area contributed by atoms with Gasteiger partial charge in [0.1, 0.15) is 10.7 Å². The van der Waals surface area contributed by atoms with Crippen LogP contribution < -0.4 is 5.56 Å². The molecule has 2 fully saturated rings. The molecule has 0 radical (unpaired) electrons. The zero-order valence-corrected chi connectivity index (χ0v) is 15.7. The minimum Gasteiger partial charge on any atom is -0.309 e. The number of H-pyrrole nitrogens is 1. The van der Waals surface area contributed by atoms with E-state index in [1.165, 1.54) is 61.8 Å². The second kappa shape index (κ2) is 6.51. The maximum atomic E-state index is 12.7. The molecule has 2 atom stereocenters. The highest BCUT2D eigenvalue weighted by molar-refractivity contribution is 7.18. The minimum absolute atomic E-state index is 0.0941. The Bertz CT molecular complexity index is 837. The van der Waals surface area contributed by atoms with Gasteiger partial charge in [-0.1, -0.05) is 12.8 Å². The third-order valence-corrected chi connectivity index (χ3v) is 7.77. The summed E-state index contributed by atoms with van der Waals surface area (Å²) in [6, 6.07) is 0.708. The Kier molecular flexibility index (Phi) is 4.17.